The van der Waals surface area contributed by atoms with E-state index in [0.717, 1.165) is 17.7 Å². The number of amides is 2. The highest BCUT2D eigenvalue weighted by molar-refractivity contribution is 5.98. The molecule has 192 valence electrons. The number of carbonyl (C=O) groups is 3. The second-order valence-electron chi connectivity index (χ2n) is 10.4. The zero-order valence-electron chi connectivity index (χ0n) is 20.7. The zero-order chi connectivity index (χ0) is 26.0. The van der Waals surface area contributed by atoms with Crippen LogP contribution in [0.4, 0.5) is 8.78 Å². The average molecular weight is 499 g/mol. The van der Waals surface area contributed by atoms with Gasteiger partial charge in [0, 0.05) is 31.7 Å². The summed E-state index contributed by atoms with van der Waals surface area (Å²) in [5, 5.41) is 10.2. The predicted molar refractivity (Wildman–Crippen MR) is 130 cm³/mol. The molecule has 0 aliphatic carbocycles. The Kier molecular flexibility index (Phi) is 7.43. The van der Waals surface area contributed by atoms with Crippen LogP contribution in [0, 0.1) is 28.9 Å². The van der Waals surface area contributed by atoms with Gasteiger partial charge in [-0.1, -0.05) is 44.2 Å². The van der Waals surface area contributed by atoms with E-state index in [-0.39, 0.29) is 36.9 Å². The first-order chi connectivity index (χ1) is 17.1. The van der Waals surface area contributed by atoms with Gasteiger partial charge in [0.05, 0.1) is 11.3 Å². The van der Waals surface area contributed by atoms with Gasteiger partial charge in [-0.05, 0) is 54.9 Å². The first-order valence-electron chi connectivity index (χ1n) is 12.5. The van der Waals surface area contributed by atoms with E-state index >= 15 is 0 Å². The number of rotatable bonds is 10. The molecule has 0 bridgehead atoms. The van der Waals surface area contributed by atoms with Gasteiger partial charge in [-0.3, -0.25) is 14.4 Å². The normalized spacial score (nSPS) is 20.4. The minimum absolute atomic E-state index is 0.0882. The lowest BCUT2D eigenvalue weighted by molar-refractivity contribution is -0.155. The molecule has 2 atom stereocenters. The topological polar surface area (TPSA) is 77.9 Å². The Morgan fingerprint density at radius 2 is 1.75 bits per heavy atom. The van der Waals surface area contributed by atoms with Crippen molar-refractivity contribution in [1.82, 2.24) is 9.80 Å². The second kappa shape index (κ2) is 10.4. The molecule has 2 aliphatic heterocycles. The molecule has 2 aliphatic rings. The predicted octanol–water partition coefficient (Wildman–Crippen LogP) is 4.52. The second-order valence-corrected chi connectivity index (χ2v) is 10.4. The molecule has 0 radical (unpaired) electrons. The van der Waals surface area contributed by atoms with Crippen molar-refractivity contribution >= 4 is 17.8 Å². The maximum absolute atomic E-state index is 13.7. The van der Waals surface area contributed by atoms with Crippen LogP contribution >= 0.6 is 0 Å². The Morgan fingerprint density at radius 1 is 1.06 bits per heavy atom. The number of carbonyl (C=O) groups excluding carboxylic acids is 2. The van der Waals surface area contributed by atoms with E-state index in [9.17, 15) is 28.3 Å². The number of likely N-dealkylation sites (tertiary alicyclic amines) is 1. The van der Waals surface area contributed by atoms with Gasteiger partial charge in [-0.2, -0.15) is 0 Å². The number of halogens is 2. The van der Waals surface area contributed by atoms with Gasteiger partial charge in [0.25, 0.3) is 5.91 Å². The van der Waals surface area contributed by atoms with Crippen LogP contribution in [0.1, 0.15) is 54.6 Å². The Bertz CT molecular complexity index is 1150. The quantitative estimate of drug-likeness (QED) is 0.523. The number of fused-ring (bicyclic) bond motifs is 1. The summed E-state index contributed by atoms with van der Waals surface area (Å²) in [4.78, 5) is 42.2. The minimum Gasteiger partial charge on any atom is -0.481 e. The van der Waals surface area contributed by atoms with Crippen molar-refractivity contribution in [3.63, 3.8) is 0 Å². The van der Waals surface area contributed by atoms with Crippen LogP contribution in [-0.4, -0.2) is 52.3 Å². The molecule has 0 spiro atoms. The molecule has 1 fully saturated rings. The number of nitrogens with zero attached hydrogens (tertiary/aromatic N) is 2. The Hall–Kier alpha value is -3.29. The van der Waals surface area contributed by atoms with Crippen molar-refractivity contribution < 1.29 is 28.3 Å². The lowest BCUT2D eigenvalue weighted by Gasteiger charge is -2.36. The molecule has 8 heteroatoms. The van der Waals surface area contributed by atoms with Crippen LogP contribution in [0.3, 0.4) is 0 Å². The Balaban J connectivity index is 1.50. The minimum atomic E-state index is -1.09. The van der Waals surface area contributed by atoms with E-state index < -0.39 is 34.8 Å². The number of carboxylic acids is 1. The molecule has 6 nitrogen and oxygen atoms in total. The Morgan fingerprint density at radius 3 is 2.42 bits per heavy atom. The highest BCUT2D eigenvalue weighted by Gasteiger charge is 2.54. The van der Waals surface area contributed by atoms with E-state index in [4.69, 9.17) is 0 Å². The van der Waals surface area contributed by atoms with Crippen LogP contribution in [0.2, 0.25) is 0 Å². The van der Waals surface area contributed by atoms with E-state index in [1.807, 2.05) is 44.2 Å². The number of aliphatic carboxylic acids is 1. The van der Waals surface area contributed by atoms with Gasteiger partial charge in [-0.15, -0.1) is 0 Å². The van der Waals surface area contributed by atoms with Crippen molar-refractivity contribution in [1.29, 1.82) is 0 Å². The maximum atomic E-state index is 13.7. The van der Waals surface area contributed by atoms with Gasteiger partial charge < -0.3 is 14.9 Å². The molecule has 36 heavy (non-hydrogen) atoms. The fourth-order valence-corrected chi connectivity index (χ4v) is 5.83. The average Bonchev–Trinajstić information content (AvgIpc) is 3.30. The molecule has 1 saturated heterocycles. The molecule has 1 N–H and O–H groups in total. The standard InChI is InChI=1S/C28H32F2N2O4/c1-18(2)16-28(10-13-31(27(28)36)11-8-19-6-4-3-5-7-19)22(26(34)35)9-12-32-17-20-14-23(29)24(30)15-21(20)25(32)33/h3-7,14-15,18,22H,8-13,16-17H2,1-2H3,(H,34,35). The van der Waals surface area contributed by atoms with E-state index in [1.54, 1.807) is 4.90 Å². The van der Waals surface area contributed by atoms with Gasteiger partial charge in [0.2, 0.25) is 5.91 Å². The first-order valence-corrected chi connectivity index (χ1v) is 12.5. The van der Waals surface area contributed by atoms with Crippen molar-refractivity contribution in [2.45, 2.75) is 46.1 Å². The van der Waals surface area contributed by atoms with Gasteiger partial charge in [0.15, 0.2) is 11.6 Å². The first kappa shape index (κ1) is 25.8. The van der Waals surface area contributed by atoms with Crippen molar-refractivity contribution in [2.75, 3.05) is 19.6 Å². The van der Waals surface area contributed by atoms with Crippen LogP contribution in [0.5, 0.6) is 0 Å². The summed E-state index contributed by atoms with van der Waals surface area (Å²) in [5.74, 6) is -4.62. The summed E-state index contributed by atoms with van der Waals surface area (Å²) in [6.45, 7) is 5.15. The third-order valence-corrected chi connectivity index (χ3v) is 7.50. The summed E-state index contributed by atoms with van der Waals surface area (Å²) >= 11 is 0. The lowest BCUT2D eigenvalue weighted by atomic mass is 9.67. The largest absolute Gasteiger partial charge is 0.481 e. The molecule has 0 saturated carbocycles. The van der Waals surface area contributed by atoms with Crippen LogP contribution < -0.4 is 0 Å². The number of hydrogen-bond acceptors (Lipinski definition) is 3. The molecule has 0 aromatic heterocycles. The van der Waals surface area contributed by atoms with Gasteiger partial charge >= 0.3 is 5.97 Å². The number of carboxylic acid groups (broad SMARTS) is 1. The van der Waals surface area contributed by atoms with Crippen LogP contribution in [0.15, 0.2) is 42.5 Å². The summed E-state index contributed by atoms with van der Waals surface area (Å²) in [6.07, 6.45) is 1.66. The molecule has 4 rings (SSSR count). The fraction of sp³-hybridized carbons (Fsp3) is 0.464. The molecule has 2 aromatic carbocycles. The maximum Gasteiger partial charge on any atom is 0.307 e. The molecule has 2 unspecified atom stereocenters. The van der Waals surface area contributed by atoms with Crippen LogP contribution in [-0.2, 0) is 22.6 Å². The number of hydrogen-bond donors (Lipinski definition) is 1. The highest BCUT2D eigenvalue weighted by atomic mass is 19.2. The third-order valence-electron chi connectivity index (χ3n) is 7.50. The van der Waals surface area contributed by atoms with Crippen molar-refractivity contribution in [3.05, 3.63) is 70.8 Å². The molecule has 2 heterocycles. The van der Waals surface area contributed by atoms with Crippen LogP contribution in [0.25, 0.3) is 0 Å². The monoisotopic (exact) mass is 498 g/mol. The van der Waals surface area contributed by atoms with E-state index in [2.05, 4.69) is 0 Å². The summed E-state index contributed by atoms with van der Waals surface area (Å²) < 4.78 is 27.3. The van der Waals surface area contributed by atoms with E-state index in [1.165, 1.54) is 4.90 Å². The number of benzene rings is 2. The molecule has 2 amide bonds. The molecule has 2 aromatic rings. The third kappa shape index (κ3) is 4.99. The van der Waals surface area contributed by atoms with Crippen molar-refractivity contribution in [2.24, 2.45) is 17.3 Å². The SMILES string of the molecule is CC(C)CC1(C(CCN2Cc3cc(F)c(F)cc3C2=O)C(=O)O)CCN(CCc2ccccc2)C1=O. The summed E-state index contributed by atoms with van der Waals surface area (Å²) in [6, 6.07) is 11.8. The lowest BCUT2D eigenvalue weighted by Crippen LogP contribution is -2.45. The summed E-state index contributed by atoms with van der Waals surface area (Å²) in [5.41, 5.74) is 0.541. The van der Waals surface area contributed by atoms with E-state index in [0.29, 0.717) is 37.9 Å². The van der Waals surface area contributed by atoms with Gasteiger partial charge in [0.1, 0.15) is 0 Å². The molecular formula is C28H32F2N2O4. The zero-order valence-corrected chi connectivity index (χ0v) is 20.7. The smallest absolute Gasteiger partial charge is 0.307 e. The van der Waals surface area contributed by atoms with Crippen molar-refractivity contribution in [3.8, 4) is 0 Å². The fourth-order valence-electron chi connectivity index (χ4n) is 5.83. The Labute approximate surface area is 209 Å². The molecular weight excluding hydrogens is 466 g/mol. The van der Waals surface area contributed by atoms with Gasteiger partial charge in [-0.25, -0.2) is 8.78 Å². The highest BCUT2D eigenvalue weighted by Crippen LogP contribution is 2.46. The summed E-state index contributed by atoms with van der Waals surface area (Å²) in [7, 11) is 0.